The Morgan fingerprint density at radius 2 is 1.77 bits per heavy atom. The topological polar surface area (TPSA) is 83.5 Å². The first-order valence-electron chi connectivity index (χ1n) is 10.7. The standard InChI is InChI=1S/C23H30FNO4S/c24-20-13-7-17(8-14-20)15-16-30(28,29)25-23-19-11-9-18(10-12-19)21(23)5-3-1-2-4-6-22(26)27/h1,3,7-8,13-14,18-19,25H,2,4-6,9-12,15-16H2,(H,26,27). The molecule has 0 amide bonds. The molecular weight excluding hydrogens is 405 g/mol. The van der Waals surface area contributed by atoms with Gasteiger partial charge in [-0.25, -0.2) is 12.8 Å². The molecule has 164 valence electrons. The van der Waals surface area contributed by atoms with Crippen LogP contribution in [0.4, 0.5) is 4.39 Å². The Balaban J connectivity index is 1.63. The third-order valence-corrected chi connectivity index (χ3v) is 7.35. The molecule has 0 atom stereocenters. The number of sulfonamides is 1. The van der Waals surface area contributed by atoms with Crippen LogP contribution in [0, 0.1) is 17.7 Å². The number of carboxylic acid groups (broad SMARTS) is 1. The van der Waals surface area contributed by atoms with Crippen molar-refractivity contribution in [3.8, 4) is 0 Å². The third-order valence-electron chi connectivity index (χ3n) is 6.08. The lowest BCUT2D eigenvalue weighted by Gasteiger charge is -2.40. The van der Waals surface area contributed by atoms with E-state index in [4.69, 9.17) is 5.11 Å². The molecule has 0 saturated heterocycles. The van der Waals surface area contributed by atoms with E-state index in [0.29, 0.717) is 31.6 Å². The summed E-state index contributed by atoms with van der Waals surface area (Å²) in [5.74, 6) is -0.450. The van der Waals surface area contributed by atoms with Crippen LogP contribution >= 0.6 is 0 Å². The maximum absolute atomic E-state index is 13.0. The molecule has 0 spiro atoms. The van der Waals surface area contributed by atoms with E-state index in [1.165, 1.54) is 17.7 Å². The SMILES string of the molecule is O=C(O)CCCC=CCC1=C(NS(=O)(=O)CCc2ccc(F)cc2)C2CCC1CC2. The Bertz CT molecular complexity index is 898. The lowest BCUT2D eigenvalue weighted by molar-refractivity contribution is -0.137. The number of benzene rings is 1. The second-order valence-electron chi connectivity index (χ2n) is 8.25. The molecule has 7 heteroatoms. The van der Waals surface area contributed by atoms with E-state index >= 15 is 0 Å². The van der Waals surface area contributed by atoms with Gasteiger partial charge in [-0.15, -0.1) is 0 Å². The van der Waals surface area contributed by atoms with Gasteiger partial charge < -0.3 is 5.11 Å². The highest BCUT2D eigenvalue weighted by Gasteiger charge is 2.36. The number of aliphatic carboxylic acids is 1. The fourth-order valence-electron chi connectivity index (χ4n) is 4.46. The van der Waals surface area contributed by atoms with Crippen LogP contribution in [0.15, 0.2) is 47.7 Å². The van der Waals surface area contributed by atoms with Gasteiger partial charge in [-0.2, -0.15) is 0 Å². The van der Waals surface area contributed by atoms with Crippen molar-refractivity contribution in [3.05, 3.63) is 59.1 Å². The Morgan fingerprint density at radius 1 is 1.10 bits per heavy atom. The number of nitrogens with one attached hydrogen (secondary N) is 1. The van der Waals surface area contributed by atoms with Gasteiger partial charge >= 0.3 is 5.97 Å². The lowest BCUT2D eigenvalue weighted by atomic mass is 9.69. The van der Waals surface area contributed by atoms with E-state index in [1.807, 2.05) is 12.2 Å². The predicted molar refractivity (Wildman–Crippen MR) is 115 cm³/mol. The molecule has 0 aromatic heterocycles. The van der Waals surface area contributed by atoms with Gasteiger partial charge in [0, 0.05) is 12.1 Å². The molecule has 30 heavy (non-hydrogen) atoms. The molecule has 5 nitrogen and oxygen atoms in total. The quantitative estimate of drug-likeness (QED) is 0.394. The lowest BCUT2D eigenvalue weighted by Crippen LogP contribution is -2.37. The summed E-state index contributed by atoms with van der Waals surface area (Å²) in [4.78, 5) is 10.6. The van der Waals surface area contributed by atoms with Gasteiger partial charge in [0.05, 0.1) is 5.75 Å². The van der Waals surface area contributed by atoms with E-state index in [1.54, 1.807) is 12.1 Å². The summed E-state index contributed by atoms with van der Waals surface area (Å²) in [6.07, 6.45) is 10.8. The summed E-state index contributed by atoms with van der Waals surface area (Å²) in [6, 6.07) is 5.93. The Kier molecular flexibility index (Phi) is 7.69. The second-order valence-corrected chi connectivity index (χ2v) is 10.1. The fourth-order valence-corrected chi connectivity index (χ4v) is 5.70. The number of unbranched alkanes of at least 4 members (excludes halogenated alkanes) is 1. The van der Waals surface area contributed by atoms with Crippen molar-refractivity contribution in [1.82, 2.24) is 4.72 Å². The summed E-state index contributed by atoms with van der Waals surface area (Å²) in [7, 11) is -3.48. The molecule has 0 radical (unpaired) electrons. The highest BCUT2D eigenvalue weighted by Crippen LogP contribution is 2.45. The van der Waals surface area contributed by atoms with Gasteiger partial charge in [-0.1, -0.05) is 24.3 Å². The third kappa shape index (κ3) is 6.42. The number of aryl methyl sites for hydroxylation is 1. The van der Waals surface area contributed by atoms with E-state index in [-0.39, 0.29) is 23.9 Å². The van der Waals surface area contributed by atoms with E-state index in [0.717, 1.165) is 36.9 Å². The summed E-state index contributed by atoms with van der Waals surface area (Å²) >= 11 is 0. The molecule has 1 saturated carbocycles. The van der Waals surface area contributed by atoms with Crippen molar-refractivity contribution in [2.75, 3.05) is 5.75 Å². The summed E-state index contributed by atoms with van der Waals surface area (Å²) < 4.78 is 41.4. The molecule has 3 aliphatic rings. The largest absolute Gasteiger partial charge is 0.481 e. The number of carboxylic acids is 1. The maximum Gasteiger partial charge on any atom is 0.303 e. The minimum atomic E-state index is -3.48. The first kappa shape index (κ1) is 22.5. The van der Waals surface area contributed by atoms with Crippen LogP contribution < -0.4 is 4.72 Å². The molecule has 0 aliphatic heterocycles. The number of carbonyl (C=O) groups is 1. The van der Waals surface area contributed by atoms with E-state index < -0.39 is 16.0 Å². The normalized spacial score (nSPS) is 21.4. The van der Waals surface area contributed by atoms with Gasteiger partial charge in [0.1, 0.15) is 5.82 Å². The monoisotopic (exact) mass is 435 g/mol. The van der Waals surface area contributed by atoms with Crippen LogP contribution in [-0.4, -0.2) is 25.2 Å². The van der Waals surface area contributed by atoms with Gasteiger partial charge in [-0.05, 0) is 86.5 Å². The van der Waals surface area contributed by atoms with Crippen molar-refractivity contribution in [1.29, 1.82) is 0 Å². The number of fused-ring (bicyclic) bond motifs is 2. The minimum Gasteiger partial charge on any atom is -0.481 e. The van der Waals surface area contributed by atoms with Crippen LogP contribution in [0.1, 0.15) is 56.9 Å². The van der Waals surface area contributed by atoms with Crippen molar-refractivity contribution in [3.63, 3.8) is 0 Å². The highest BCUT2D eigenvalue weighted by atomic mass is 32.2. The zero-order chi connectivity index (χ0) is 21.6. The van der Waals surface area contributed by atoms with Crippen molar-refractivity contribution < 1.29 is 22.7 Å². The molecule has 2 bridgehead atoms. The zero-order valence-corrected chi connectivity index (χ0v) is 18.0. The maximum atomic E-state index is 13.0. The number of hydrogen-bond donors (Lipinski definition) is 2. The van der Waals surface area contributed by atoms with Crippen LogP contribution in [0.5, 0.6) is 0 Å². The van der Waals surface area contributed by atoms with Gasteiger partial charge in [0.25, 0.3) is 0 Å². The number of halogens is 1. The van der Waals surface area contributed by atoms with Crippen LogP contribution in [-0.2, 0) is 21.2 Å². The smallest absolute Gasteiger partial charge is 0.303 e. The van der Waals surface area contributed by atoms with Crippen LogP contribution in [0.2, 0.25) is 0 Å². The molecule has 1 aromatic rings. The number of rotatable bonds is 11. The van der Waals surface area contributed by atoms with Crippen molar-refractivity contribution in [2.45, 2.75) is 57.8 Å². The summed E-state index contributed by atoms with van der Waals surface area (Å²) in [5.41, 5.74) is 2.87. The summed E-state index contributed by atoms with van der Waals surface area (Å²) in [5, 5.41) is 8.70. The molecule has 3 aliphatic carbocycles. The molecule has 0 heterocycles. The molecule has 2 N–H and O–H groups in total. The molecule has 1 fully saturated rings. The molecule has 1 aromatic carbocycles. The predicted octanol–water partition coefficient (Wildman–Crippen LogP) is 4.56. The molecule has 0 unspecified atom stereocenters. The van der Waals surface area contributed by atoms with Gasteiger partial charge in [0.15, 0.2) is 0 Å². The Morgan fingerprint density at radius 3 is 2.43 bits per heavy atom. The van der Waals surface area contributed by atoms with Gasteiger partial charge in [0.2, 0.25) is 10.0 Å². The van der Waals surface area contributed by atoms with E-state index in [9.17, 15) is 17.6 Å². The molecule has 4 rings (SSSR count). The zero-order valence-electron chi connectivity index (χ0n) is 17.1. The first-order valence-corrected chi connectivity index (χ1v) is 12.3. The first-order chi connectivity index (χ1) is 14.3. The van der Waals surface area contributed by atoms with Crippen molar-refractivity contribution >= 4 is 16.0 Å². The highest BCUT2D eigenvalue weighted by molar-refractivity contribution is 7.89. The second kappa shape index (κ2) is 10.2. The van der Waals surface area contributed by atoms with Crippen molar-refractivity contribution in [2.24, 2.45) is 11.8 Å². The minimum absolute atomic E-state index is 0.0299. The Labute approximate surface area is 178 Å². The molecular formula is C23H30FNO4S. The van der Waals surface area contributed by atoms with Crippen LogP contribution in [0.3, 0.4) is 0 Å². The van der Waals surface area contributed by atoms with Crippen LogP contribution in [0.25, 0.3) is 0 Å². The van der Waals surface area contributed by atoms with Gasteiger partial charge in [-0.3, -0.25) is 9.52 Å². The Hall–Kier alpha value is -2.15. The number of hydrogen-bond acceptors (Lipinski definition) is 3. The average Bonchev–Trinajstić information content (AvgIpc) is 2.71. The van der Waals surface area contributed by atoms with E-state index in [2.05, 4.69) is 4.72 Å². The summed E-state index contributed by atoms with van der Waals surface area (Å²) in [6.45, 7) is 0. The fraction of sp³-hybridized carbons (Fsp3) is 0.522. The average molecular weight is 436 g/mol. The number of allylic oxidation sites excluding steroid dienone is 4.